The fourth-order valence-electron chi connectivity index (χ4n) is 3.39. The summed E-state index contributed by atoms with van der Waals surface area (Å²) in [6.45, 7) is -0.431. The van der Waals surface area contributed by atoms with Crippen LogP contribution in [0.5, 0.6) is 11.6 Å². The molecule has 1 aliphatic heterocycles. The predicted octanol–water partition coefficient (Wildman–Crippen LogP) is 2.55. The first kappa shape index (κ1) is 19.6. The Bertz CT molecular complexity index is 1060. The molecule has 0 bridgehead atoms. The van der Waals surface area contributed by atoms with Gasteiger partial charge >= 0.3 is 0 Å². The molecular formula is C23H21N3O4. The Kier molecular flexibility index (Phi) is 5.72. The van der Waals surface area contributed by atoms with Gasteiger partial charge in [-0.3, -0.25) is 14.5 Å². The minimum Gasteiger partial charge on any atom is -0.436 e. The number of hydrogen-bond acceptors (Lipinski definition) is 5. The number of pyridine rings is 1. The van der Waals surface area contributed by atoms with Crippen molar-refractivity contribution in [1.29, 1.82) is 0 Å². The zero-order chi connectivity index (χ0) is 20.9. The van der Waals surface area contributed by atoms with E-state index in [1.165, 1.54) is 4.90 Å². The fourth-order valence-corrected chi connectivity index (χ4v) is 3.39. The number of ether oxygens (including phenoxy) is 1. The van der Waals surface area contributed by atoms with E-state index >= 15 is 0 Å². The quantitative estimate of drug-likeness (QED) is 0.660. The number of rotatable bonds is 6. The van der Waals surface area contributed by atoms with E-state index in [1.807, 2.05) is 30.3 Å². The summed E-state index contributed by atoms with van der Waals surface area (Å²) in [7, 11) is 0. The highest BCUT2D eigenvalue weighted by Gasteiger charge is 2.30. The molecule has 0 unspecified atom stereocenters. The topological polar surface area (TPSA) is 91.8 Å². The van der Waals surface area contributed by atoms with Crippen LogP contribution in [0.4, 0.5) is 5.69 Å². The second kappa shape index (κ2) is 8.75. The predicted molar refractivity (Wildman–Crippen MR) is 112 cm³/mol. The third kappa shape index (κ3) is 4.16. The third-order valence-corrected chi connectivity index (χ3v) is 4.82. The van der Waals surface area contributed by atoms with E-state index in [0.717, 1.165) is 5.56 Å². The smallest absolute Gasteiger partial charge is 0.262 e. The number of aliphatic hydroxyl groups excluding tert-OH is 1. The molecule has 1 atom stereocenters. The van der Waals surface area contributed by atoms with Gasteiger partial charge in [0.15, 0.2) is 0 Å². The Morgan fingerprint density at radius 2 is 1.83 bits per heavy atom. The van der Waals surface area contributed by atoms with Crippen LogP contribution in [0.15, 0.2) is 72.9 Å². The summed E-state index contributed by atoms with van der Waals surface area (Å²) in [5.41, 5.74) is 1.77. The Labute approximate surface area is 173 Å². The maximum Gasteiger partial charge on any atom is 0.262 e. The second-order valence-electron chi connectivity index (χ2n) is 6.95. The van der Waals surface area contributed by atoms with Crippen LogP contribution < -0.4 is 15.0 Å². The van der Waals surface area contributed by atoms with Crippen molar-refractivity contribution in [3.05, 3.63) is 84.1 Å². The number of anilines is 1. The minimum absolute atomic E-state index is 0.210. The number of fused-ring (bicyclic) bond motifs is 2. The van der Waals surface area contributed by atoms with Gasteiger partial charge in [-0.2, -0.15) is 0 Å². The van der Waals surface area contributed by atoms with Crippen LogP contribution in [-0.4, -0.2) is 41.1 Å². The Morgan fingerprint density at radius 3 is 2.63 bits per heavy atom. The van der Waals surface area contributed by atoms with Crippen LogP contribution in [0.3, 0.4) is 0 Å². The Hall–Kier alpha value is -3.71. The van der Waals surface area contributed by atoms with Gasteiger partial charge in [-0.15, -0.1) is 0 Å². The Balaban J connectivity index is 1.55. The molecule has 1 aliphatic rings. The molecule has 2 heterocycles. The highest BCUT2D eigenvalue weighted by atomic mass is 16.5. The molecular weight excluding hydrogens is 382 g/mol. The van der Waals surface area contributed by atoms with Crippen molar-refractivity contribution in [2.24, 2.45) is 0 Å². The van der Waals surface area contributed by atoms with Crippen LogP contribution in [0, 0.1) is 0 Å². The minimum atomic E-state index is -0.459. The van der Waals surface area contributed by atoms with Gasteiger partial charge in [0.25, 0.3) is 5.91 Å². The summed E-state index contributed by atoms with van der Waals surface area (Å²) in [5, 5.41) is 12.5. The fraction of sp³-hybridized carbons (Fsp3) is 0.174. The van der Waals surface area contributed by atoms with Crippen molar-refractivity contribution in [2.75, 3.05) is 18.1 Å². The van der Waals surface area contributed by atoms with Crippen LogP contribution in [-0.2, 0) is 11.2 Å². The van der Waals surface area contributed by atoms with E-state index in [1.54, 1.807) is 42.6 Å². The lowest BCUT2D eigenvalue weighted by atomic mass is 10.1. The van der Waals surface area contributed by atoms with Crippen molar-refractivity contribution in [1.82, 2.24) is 10.3 Å². The van der Waals surface area contributed by atoms with Crippen LogP contribution >= 0.6 is 0 Å². The standard InChI is InChI=1S/C23H21N3O4/c27-15-17(13-16-7-2-1-3-8-16)25-21(28)14-26-19-10-6-12-24-22(19)30-20-11-5-4-9-18(20)23(26)29/h1-12,17,27H,13-15H2,(H,25,28)/t17-/m0/s1. The molecule has 0 radical (unpaired) electrons. The summed E-state index contributed by atoms with van der Waals surface area (Å²) in [5.74, 6) is -0.0853. The molecule has 152 valence electrons. The first-order chi connectivity index (χ1) is 14.7. The normalized spacial score (nSPS) is 13.5. The summed E-state index contributed by atoms with van der Waals surface area (Å²) in [6.07, 6.45) is 2.05. The zero-order valence-electron chi connectivity index (χ0n) is 16.2. The lowest BCUT2D eigenvalue weighted by molar-refractivity contribution is -0.120. The molecule has 0 spiro atoms. The first-order valence-electron chi connectivity index (χ1n) is 9.63. The third-order valence-electron chi connectivity index (χ3n) is 4.82. The van der Waals surface area contributed by atoms with Crippen molar-refractivity contribution in [3.8, 4) is 11.6 Å². The highest BCUT2D eigenvalue weighted by Crippen LogP contribution is 2.36. The maximum absolute atomic E-state index is 13.2. The number of benzene rings is 2. The highest BCUT2D eigenvalue weighted by molar-refractivity contribution is 6.11. The number of carbonyl (C=O) groups is 2. The van der Waals surface area contributed by atoms with E-state index in [4.69, 9.17) is 4.74 Å². The zero-order valence-corrected chi connectivity index (χ0v) is 16.2. The van der Waals surface area contributed by atoms with Gasteiger partial charge in [-0.25, -0.2) is 4.98 Å². The molecule has 0 fully saturated rings. The van der Waals surface area contributed by atoms with Gasteiger partial charge < -0.3 is 15.2 Å². The lowest BCUT2D eigenvalue weighted by Gasteiger charge is -2.23. The number of para-hydroxylation sites is 1. The molecule has 0 aliphatic carbocycles. The van der Waals surface area contributed by atoms with Crippen molar-refractivity contribution >= 4 is 17.5 Å². The summed E-state index contributed by atoms with van der Waals surface area (Å²) < 4.78 is 5.82. The van der Waals surface area contributed by atoms with Crippen LogP contribution in [0.1, 0.15) is 15.9 Å². The summed E-state index contributed by atoms with van der Waals surface area (Å²) in [6, 6.07) is 19.4. The number of nitrogens with zero attached hydrogens (tertiary/aromatic N) is 2. The first-order valence-corrected chi connectivity index (χ1v) is 9.63. The van der Waals surface area contributed by atoms with Gasteiger partial charge in [0.1, 0.15) is 18.0 Å². The second-order valence-corrected chi connectivity index (χ2v) is 6.95. The molecule has 7 nitrogen and oxygen atoms in total. The average molecular weight is 403 g/mol. The molecule has 2 N–H and O–H groups in total. The molecule has 1 aromatic heterocycles. The molecule has 2 aromatic carbocycles. The molecule has 0 saturated heterocycles. The van der Waals surface area contributed by atoms with Crippen LogP contribution in [0.25, 0.3) is 0 Å². The van der Waals surface area contributed by atoms with Gasteiger partial charge in [0, 0.05) is 6.20 Å². The Morgan fingerprint density at radius 1 is 1.07 bits per heavy atom. The number of aromatic nitrogens is 1. The van der Waals surface area contributed by atoms with Crippen molar-refractivity contribution in [3.63, 3.8) is 0 Å². The van der Waals surface area contributed by atoms with Gasteiger partial charge in [-0.1, -0.05) is 42.5 Å². The molecule has 4 rings (SSSR count). The molecule has 7 heteroatoms. The largest absolute Gasteiger partial charge is 0.436 e. The number of carbonyl (C=O) groups excluding carboxylic acids is 2. The monoisotopic (exact) mass is 403 g/mol. The van der Waals surface area contributed by atoms with Gasteiger partial charge in [0.05, 0.1) is 18.2 Å². The number of hydrogen-bond donors (Lipinski definition) is 2. The number of nitrogens with one attached hydrogen (secondary N) is 1. The van der Waals surface area contributed by atoms with E-state index in [-0.39, 0.29) is 30.8 Å². The van der Waals surface area contributed by atoms with Crippen LogP contribution in [0.2, 0.25) is 0 Å². The summed E-state index contributed by atoms with van der Waals surface area (Å²) >= 11 is 0. The van der Waals surface area contributed by atoms with E-state index < -0.39 is 6.04 Å². The SMILES string of the molecule is O=C(CN1C(=O)c2ccccc2Oc2ncccc21)N[C@H](CO)Cc1ccccc1. The number of aliphatic hydroxyl groups is 1. The molecule has 0 saturated carbocycles. The molecule has 30 heavy (non-hydrogen) atoms. The molecule has 3 aromatic rings. The van der Waals surface area contributed by atoms with Gasteiger partial charge in [-0.05, 0) is 36.2 Å². The van der Waals surface area contributed by atoms with Crippen molar-refractivity contribution < 1.29 is 19.4 Å². The summed E-state index contributed by atoms with van der Waals surface area (Å²) in [4.78, 5) is 31.5. The van der Waals surface area contributed by atoms with Crippen molar-refractivity contribution in [2.45, 2.75) is 12.5 Å². The van der Waals surface area contributed by atoms with Gasteiger partial charge in [0.2, 0.25) is 11.8 Å². The van der Waals surface area contributed by atoms with E-state index in [9.17, 15) is 14.7 Å². The number of amides is 2. The lowest BCUT2D eigenvalue weighted by Crippen LogP contribution is -2.46. The van der Waals surface area contributed by atoms with E-state index in [2.05, 4.69) is 10.3 Å². The maximum atomic E-state index is 13.2. The average Bonchev–Trinajstić information content (AvgIpc) is 2.89. The van der Waals surface area contributed by atoms with E-state index in [0.29, 0.717) is 23.4 Å². The molecule has 2 amide bonds.